The highest BCUT2D eigenvalue weighted by molar-refractivity contribution is 6.01. The SMILES string of the molecule is CN(C(=O)C1(c2cccc(F)c2)CCOCC1)c1ccc(OCC(=O)O)cc1. The molecule has 148 valence electrons. The summed E-state index contributed by atoms with van der Waals surface area (Å²) in [5.41, 5.74) is 0.428. The Kier molecular flexibility index (Phi) is 5.94. The van der Waals surface area contributed by atoms with Gasteiger partial charge in [0.05, 0.1) is 5.41 Å². The molecule has 0 bridgehead atoms. The molecule has 6 nitrogen and oxygen atoms in total. The van der Waals surface area contributed by atoms with Gasteiger partial charge in [0.2, 0.25) is 5.91 Å². The zero-order valence-electron chi connectivity index (χ0n) is 15.6. The Morgan fingerprint density at radius 1 is 1.18 bits per heavy atom. The van der Waals surface area contributed by atoms with E-state index >= 15 is 0 Å². The first-order valence-corrected chi connectivity index (χ1v) is 8.99. The van der Waals surface area contributed by atoms with Crippen LogP contribution in [0.4, 0.5) is 10.1 Å². The number of benzene rings is 2. The van der Waals surface area contributed by atoms with E-state index in [4.69, 9.17) is 14.6 Å². The second kappa shape index (κ2) is 8.39. The highest BCUT2D eigenvalue weighted by atomic mass is 19.1. The van der Waals surface area contributed by atoms with Crippen molar-refractivity contribution in [1.82, 2.24) is 0 Å². The summed E-state index contributed by atoms with van der Waals surface area (Å²) < 4.78 is 24.4. The van der Waals surface area contributed by atoms with E-state index in [0.29, 0.717) is 43.1 Å². The number of amides is 1. The lowest BCUT2D eigenvalue weighted by Crippen LogP contribution is -2.49. The summed E-state index contributed by atoms with van der Waals surface area (Å²) in [5, 5.41) is 8.68. The van der Waals surface area contributed by atoms with Crippen LogP contribution in [0.3, 0.4) is 0 Å². The molecule has 3 rings (SSSR count). The van der Waals surface area contributed by atoms with Crippen LogP contribution in [0.2, 0.25) is 0 Å². The van der Waals surface area contributed by atoms with E-state index in [1.807, 2.05) is 0 Å². The summed E-state index contributed by atoms with van der Waals surface area (Å²) in [6, 6.07) is 12.8. The number of carbonyl (C=O) groups is 2. The minimum absolute atomic E-state index is 0.138. The second-order valence-corrected chi connectivity index (χ2v) is 6.75. The Bertz CT molecular complexity index is 846. The number of likely N-dealkylation sites (N-methyl/N-ethyl adjacent to an activating group) is 1. The van der Waals surface area contributed by atoms with Crippen molar-refractivity contribution in [2.24, 2.45) is 0 Å². The minimum Gasteiger partial charge on any atom is -0.482 e. The molecule has 28 heavy (non-hydrogen) atoms. The van der Waals surface area contributed by atoms with E-state index < -0.39 is 18.0 Å². The number of hydrogen-bond acceptors (Lipinski definition) is 4. The first-order valence-electron chi connectivity index (χ1n) is 8.99. The highest BCUT2D eigenvalue weighted by Crippen LogP contribution is 2.38. The first-order chi connectivity index (χ1) is 13.4. The summed E-state index contributed by atoms with van der Waals surface area (Å²) in [6.45, 7) is 0.424. The summed E-state index contributed by atoms with van der Waals surface area (Å²) >= 11 is 0. The van der Waals surface area contributed by atoms with Crippen molar-refractivity contribution in [3.63, 3.8) is 0 Å². The van der Waals surface area contributed by atoms with Crippen LogP contribution in [0, 0.1) is 5.82 Å². The molecule has 0 unspecified atom stereocenters. The fourth-order valence-electron chi connectivity index (χ4n) is 3.48. The number of aliphatic carboxylic acids is 1. The number of halogens is 1. The van der Waals surface area contributed by atoms with Crippen LogP contribution in [0.1, 0.15) is 18.4 Å². The van der Waals surface area contributed by atoms with Crippen molar-refractivity contribution >= 4 is 17.6 Å². The van der Waals surface area contributed by atoms with Crippen LogP contribution < -0.4 is 9.64 Å². The van der Waals surface area contributed by atoms with Gasteiger partial charge < -0.3 is 19.5 Å². The fourth-order valence-corrected chi connectivity index (χ4v) is 3.48. The number of anilines is 1. The molecule has 0 saturated carbocycles. The van der Waals surface area contributed by atoms with Gasteiger partial charge in [0.1, 0.15) is 11.6 Å². The summed E-state index contributed by atoms with van der Waals surface area (Å²) in [5.74, 6) is -1.18. The topological polar surface area (TPSA) is 76.1 Å². The molecular weight excluding hydrogens is 365 g/mol. The van der Waals surface area contributed by atoms with E-state index in [-0.39, 0.29) is 11.7 Å². The monoisotopic (exact) mass is 387 g/mol. The first kappa shape index (κ1) is 19.8. The van der Waals surface area contributed by atoms with Crippen molar-refractivity contribution in [2.75, 3.05) is 31.8 Å². The molecule has 1 aliphatic heterocycles. The van der Waals surface area contributed by atoms with Crippen molar-refractivity contribution in [3.05, 3.63) is 59.9 Å². The van der Waals surface area contributed by atoms with Crippen molar-refractivity contribution < 1.29 is 28.6 Å². The Hall–Kier alpha value is -2.93. The number of carboxylic acid groups (broad SMARTS) is 1. The molecule has 1 aliphatic rings. The Balaban J connectivity index is 1.85. The smallest absolute Gasteiger partial charge is 0.341 e. The third-order valence-electron chi connectivity index (χ3n) is 5.02. The quantitative estimate of drug-likeness (QED) is 0.825. The molecule has 2 aromatic carbocycles. The third-order valence-corrected chi connectivity index (χ3v) is 5.02. The average molecular weight is 387 g/mol. The molecule has 1 fully saturated rings. The normalized spacial score (nSPS) is 15.6. The molecule has 1 saturated heterocycles. The van der Waals surface area contributed by atoms with Gasteiger partial charge in [-0.2, -0.15) is 0 Å². The lowest BCUT2D eigenvalue weighted by Gasteiger charge is -2.39. The predicted molar refractivity (Wildman–Crippen MR) is 101 cm³/mol. The summed E-state index contributed by atoms with van der Waals surface area (Å²) in [6.07, 6.45) is 0.943. The molecule has 0 radical (unpaired) electrons. The molecule has 0 atom stereocenters. The Labute approximate surface area is 162 Å². The summed E-state index contributed by atoms with van der Waals surface area (Å²) in [7, 11) is 1.67. The average Bonchev–Trinajstić information content (AvgIpc) is 2.72. The largest absolute Gasteiger partial charge is 0.482 e. The maximum Gasteiger partial charge on any atom is 0.341 e. The van der Waals surface area contributed by atoms with Gasteiger partial charge in [0, 0.05) is 25.9 Å². The number of nitrogens with zero attached hydrogens (tertiary/aromatic N) is 1. The van der Waals surface area contributed by atoms with Crippen LogP contribution >= 0.6 is 0 Å². The number of carboxylic acids is 1. The highest BCUT2D eigenvalue weighted by Gasteiger charge is 2.43. The van der Waals surface area contributed by atoms with E-state index in [1.54, 1.807) is 43.4 Å². The molecule has 2 aromatic rings. The fraction of sp³-hybridized carbons (Fsp3) is 0.333. The Morgan fingerprint density at radius 3 is 2.46 bits per heavy atom. The summed E-state index contributed by atoms with van der Waals surface area (Å²) in [4.78, 5) is 25.6. The van der Waals surface area contributed by atoms with Crippen LogP contribution in [0.5, 0.6) is 5.75 Å². The zero-order valence-corrected chi connectivity index (χ0v) is 15.6. The third kappa shape index (κ3) is 4.14. The van der Waals surface area contributed by atoms with Gasteiger partial charge in [-0.3, -0.25) is 4.79 Å². The molecule has 0 aromatic heterocycles. The second-order valence-electron chi connectivity index (χ2n) is 6.75. The molecule has 0 aliphatic carbocycles. The van der Waals surface area contributed by atoms with Crippen molar-refractivity contribution in [1.29, 1.82) is 0 Å². The maximum absolute atomic E-state index is 13.8. The van der Waals surface area contributed by atoms with Gasteiger partial charge >= 0.3 is 5.97 Å². The molecule has 1 amide bonds. The molecule has 7 heteroatoms. The van der Waals surface area contributed by atoms with Gasteiger partial charge in [0.15, 0.2) is 6.61 Å². The van der Waals surface area contributed by atoms with Crippen LogP contribution in [-0.2, 0) is 19.7 Å². The minimum atomic E-state index is -1.06. The number of rotatable bonds is 6. The molecule has 1 heterocycles. The van der Waals surface area contributed by atoms with E-state index in [2.05, 4.69) is 0 Å². The van der Waals surface area contributed by atoms with Gasteiger partial charge in [0.25, 0.3) is 0 Å². The molecule has 1 N–H and O–H groups in total. The van der Waals surface area contributed by atoms with Gasteiger partial charge in [-0.15, -0.1) is 0 Å². The number of carbonyl (C=O) groups excluding carboxylic acids is 1. The maximum atomic E-state index is 13.8. The number of hydrogen-bond donors (Lipinski definition) is 1. The van der Waals surface area contributed by atoms with Gasteiger partial charge in [-0.05, 0) is 54.8 Å². The Morgan fingerprint density at radius 2 is 1.86 bits per heavy atom. The van der Waals surface area contributed by atoms with Crippen molar-refractivity contribution in [3.8, 4) is 5.75 Å². The van der Waals surface area contributed by atoms with E-state index in [0.717, 1.165) is 0 Å². The van der Waals surface area contributed by atoms with Gasteiger partial charge in [-0.25, -0.2) is 9.18 Å². The van der Waals surface area contributed by atoms with Crippen molar-refractivity contribution in [2.45, 2.75) is 18.3 Å². The zero-order chi connectivity index (χ0) is 20.1. The lowest BCUT2D eigenvalue weighted by atomic mass is 9.73. The lowest BCUT2D eigenvalue weighted by molar-refractivity contribution is -0.139. The van der Waals surface area contributed by atoms with E-state index in [1.165, 1.54) is 17.0 Å². The molecular formula is C21H22FNO5. The standard InChI is InChI=1S/C21H22FNO5/c1-23(17-5-7-18(8-6-17)28-14-19(24)25)20(26)21(9-11-27-12-10-21)15-3-2-4-16(22)13-15/h2-8,13H,9-12,14H2,1H3,(H,24,25). The predicted octanol–water partition coefficient (Wildman–Crippen LogP) is 3.00. The van der Waals surface area contributed by atoms with Crippen LogP contribution in [0.25, 0.3) is 0 Å². The number of ether oxygens (including phenoxy) is 2. The van der Waals surface area contributed by atoms with Crippen LogP contribution in [0.15, 0.2) is 48.5 Å². The molecule has 0 spiro atoms. The van der Waals surface area contributed by atoms with Gasteiger partial charge in [-0.1, -0.05) is 12.1 Å². The van der Waals surface area contributed by atoms with Crippen LogP contribution in [-0.4, -0.2) is 43.9 Å². The van der Waals surface area contributed by atoms with E-state index in [9.17, 15) is 14.0 Å².